The van der Waals surface area contributed by atoms with Gasteiger partial charge in [0.05, 0.1) is 5.56 Å². The topological polar surface area (TPSA) is 100 Å². The second-order valence-corrected chi connectivity index (χ2v) is 7.04. The molecule has 150 valence electrons. The molecule has 0 spiro atoms. The Hall–Kier alpha value is -3.20. The highest BCUT2D eigenvalue weighted by atomic mass is 79.9. The number of fused-ring (bicyclic) bond motifs is 1. The van der Waals surface area contributed by atoms with Gasteiger partial charge in [-0.15, -0.1) is 0 Å². The Morgan fingerprint density at radius 1 is 1.07 bits per heavy atom. The number of halogens is 2. The fourth-order valence-corrected chi connectivity index (χ4v) is 3.12. The molecule has 0 saturated carbocycles. The Bertz CT molecular complexity index is 1100. The van der Waals surface area contributed by atoms with Crippen molar-refractivity contribution in [2.75, 3.05) is 6.54 Å². The van der Waals surface area contributed by atoms with Crippen molar-refractivity contribution >= 4 is 44.6 Å². The molecule has 2 aromatic carbocycles. The van der Waals surface area contributed by atoms with Crippen molar-refractivity contribution < 1.29 is 23.2 Å². The van der Waals surface area contributed by atoms with Crippen molar-refractivity contribution in [2.45, 2.75) is 13.3 Å². The third-order valence-corrected chi connectivity index (χ3v) is 4.87. The smallest absolute Gasteiger partial charge is 0.305 e. The highest BCUT2D eigenvalue weighted by Crippen LogP contribution is 2.24. The largest absolute Gasteiger partial charge is 0.451 e. The molecule has 0 bridgehead atoms. The van der Waals surface area contributed by atoms with E-state index in [1.54, 1.807) is 19.1 Å². The fourth-order valence-electron chi connectivity index (χ4n) is 2.69. The zero-order valence-corrected chi connectivity index (χ0v) is 16.9. The standard InChI is InChI=1S/C20H17BrFN3O4/c1-11-13-4-2-3-5-16(13)29-18(11)20(28)25-24-17(26)8-9-23-19(27)14-10-12(22)6-7-15(14)21/h2-7,10H,8-9H2,1H3,(H,23,27)(H,24,26)(H,25,28). The molecule has 0 radical (unpaired) electrons. The minimum Gasteiger partial charge on any atom is -0.451 e. The highest BCUT2D eigenvalue weighted by molar-refractivity contribution is 9.10. The minimum atomic E-state index is -0.584. The van der Waals surface area contributed by atoms with E-state index in [2.05, 4.69) is 32.1 Å². The summed E-state index contributed by atoms with van der Waals surface area (Å²) in [5.74, 6) is -2.05. The molecular weight excluding hydrogens is 445 g/mol. The van der Waals surface area contributed by atoms with Crippen LogP contribution < -0.4 is 16.2 Å². The number of hydrogen-bond acceptors (Lipinski definition) is 4. The molecule has 1 aromatic heterocycles. The molecule has 3 rings (SSSR count). The number of aryl methyl sites for hydroxylation is 1. The molecule has 9 heteroatoms. The van der Waals surface area contributed by atoms with E-state index >= 15 is 0 Å². The molecule has 0 aliphatic carbocycles. The van der Waals surface area contributed by atoms with Gasteiger partial charge in [-0.25, -0.2) is 4.39 Å². The summed E-state index contributed by atoms with van der Waals surface area (Å²) >= 11 is 3.17. The normalized spacial score (nSPS) is 10.6. The van der Waals surface area contributed by atoms with Gasteiger partial charge in [0.1, 0.15) is 11.4 Å². The lowest BCUT2D eigenvalue weighted by Crippen LogP contribution is -2.42. The van der Waals surface area contributed by atoms with Crippen LogP contribution in [-0.2, 0) is 4.79 Å². The molecule has 3 N–H and O–H groups in total. The SMILES string of the molecule is Cc1c(C(=O)NNC(=O)CCNC(=O)c2cc(F)ccc2Br)oc2ccccc12. The zero-order valence-electron chi connectivity index (χ0n) is 15.3. The lowest BCUT2D eigenvalue weighted by molar-refractivity contribution is -0.121. The number of hydrazine groups is 1. The summed E-state index contributed by atoms with van der Waals surface area (Å²) in [6.07, 6.45) is -0.0853. The van der Waals surface area contributed by atoms with Crippen LogP contribution in [0.25, 0.3) is 11.0 Å². The summed E-state index contributed by atoms with van der Waals surface area (Å²) in [5.41, 5.74) is 5.92. The summed E-state index contributed by atoms with van der Waals surface area (Å²) in [7, 11) is 0. The summed E-state index contributed by atoms with van der Waals surface area (Å²) < 4.78 is 19.2. The second kappa shape index (κ2) is 8.87. The van der Waals surface area contributed by atoms with Crippen LogP contribution in [0, 0.1) is 12.7 Å². The molecule has 1 heterocycles. The highest BCUT2D eigenvalue weighted by Gasteiger charge is 2.18. The van der Waals surface area contributed by atoms with E-state index in [1.807, 2.05) is 12.1 Å². The maximum Gasteiger partial charge on any atom is 0.305 e. The zero-order chi connectivity index (χ0) is 21.0. The van der Waals surface area contributed by atoms with E-state index in [1.165, 1.54) is 12.1 Å². The summed E-state index contributed by atoms with van der Waals surface area (Å²) in [6.45, 7) is 1.76. The number of hydrogen-bond donors (Lipinski definition) is 3. The van der Waals surface area contributed by atoms with Crippen molar-refractivity contribution in [1.82, 2.24) is 16.2 Å². The van der Waals surface area contributed by atoms with Crippen LogP contribution in [0.2, 0.25) is 0 Å². The number of para-hydroxylation sites is 1. The van der Waals surface area contributed by atoms with Gasteiger partial charge in [-0.1, -0.05) is 18.2 Å². The first kappa shape index (κ1) is 20.5. The Kier molecular flexibility index (Phi) is 6.28. The number of furan rings is 1. The third kappa shape index (κ3) is 4.80. The van der Waals surface area contributed by atoms with Gasteiger partial charge in [-0.3, -0.25) is 25.2 Å². The maximum absolute atomic E-state index is 13.3. The number of amides is 3. The lowest BCUT2D eigenvalue weighted by atomic mass is 10.1. The molecule has 0 aliphatic heterocycles. The van der Waals surface area contributed by atoms with Crippen molar-refractivity contribution in [1.29, 1.82) is 0 Å². The number of rotatable bonds is 5. The summed E-state index contributed by atoms with van der Waals surface area (Å²) in [4.78, 5) is 36.2. The molecule has 0 fully saturated rings. The van der Waals surface area contributed by atoms with Crippen molar-refractivity contribution in [3.63, 3.8) is 0 Å². The van der Waals surface area contributed by atoms with Gasteiger partial charge in [-0.05, 0) is 47.1 Å². The molecule has 7 nitrogen and oxygen atoms in total. The second-order valence-electron chi connectivity index (χ2n) is 6.18. The molecule has 0 saturated heterocycles. The number of nitrogens with one attached hydrogen (secondary N) is 3. The van der Waals surface area contributed by atoms with E-state index in [0.29, 0.717) is 15.6 Å². The van der Waals surface area contributed by atoms with E-state index in [9.17, 15) is 18.8 Å². The van der Waals surface area contributed by atoms with Crippen LogP contribution in [0.4, 0.5) is 4.39 Å². The molecular formula is C20H17BrFN3O4. The monoisotopic (exact) mass is 461 g/mol. The van der Waals surface area contributed by atoms with Gasteiger partial charge >= 0.3 is 5.91 Å². The fraction of sp³-hybridized carbons (Fsp3) is 0.150. The Morgan fingerprint density at radius 3 is 2.59 bits per heavy atom. The first-order valence-electron chi connectivity index (χ1n) is 8.67. The van der Waals surface area contributed by atoms with E-state index in [-0.39, 0.29) is 24.3 Å². The maximum atomic E-state index is 13.3. The molecule has 29 heavy (non-hydrogen) atoms. The van der Waals surface area contributed by atoms with Gasteiger partial charge in [0, 0.05) is 28.4 Å². The average molecular weight is 462 g/mol. The van der Waals surface area contributed by atoms with Crippen LogP contribution >= 0.6 is 15.9 Å². The molecule has 3 amide bonds. The van der Waals surface area contributed by atoms with Gasteiger partial charge in [0.15, 0.2) is 5.76 Å². The lowest BCUT2D eigenvalue weighted by Gasteiger charge is -2.08. The van der Waals surface area contributed by atoms with Crippen LogP contribution in [0.3, 0.4) is 0 Å². The van der Waals surface area contributed by atoms with Crippen LogP contribution in [0.15, 0.2) is 51.4 Å². The first-order chi connectivity index (χ1) is 13.9. The van der Waals surface area contributed by atoms with Gasteiger partial charge in [-0.2, -0.15) is 0 Å². The van der Waals surface area contributed by atoms with Gasteiger partial charge in [0.25, 0.3) is 5.91 Å². The third-order valence-electron chi connectivity index (χ3n) is 4.18. The van der Waals surface area contributed by atoms with Gasteiger partial charge < -0.3 is 9.73 Å². The van der Waals surface area contributed by atoms with E-state index < -0.39 is 23.5 Å². The van der Waals surface area contributed by atoms with Crippen LogP contribution in [0.5, 0.6) is 0 Å². The van der Waals surface area contributed by atoms with Crippen molar-refractivity contribution in [3.8, 4) is 0 Å². The Morgan fingerprint density at radius 2 is 1.83 bits per heavy atom. The molecule has 0 atom stereocenters. The van der Waals surface area contributed by atoms with Gasteiger partial charge in [0.2, 0.25) is 5.91 Å². The quantitative estimate of drug-likeness (QED) is 0.507. The predicted octanol–water partition coefficient (Wildman–Crippen LogP) is 3.22. The van der Waals surface area contributed by atoms with Crippen molar-refractivity contribution in [2.24, 2.45) is 0 Å². The van der Waals surface area contributed by atoms with E-state index in [0.717, 1.165) is 11.5 Å². The molecule has 0 unspecified atom stereocenters. The number of carbonyl (C=O) groups excluding carboxylic acids is 3. The Balaban J connectivity index is 1.48. The molecule has 3 aromatic rings. The van der Waals surface area contributed by atoms with Crippen LogP contribution in [0.1, 0.15) is 32.9 Å². The van der Waals surface area contributed by atoms with Crippen molar-refractivity contribution in [3.05, 3.63) is 69.6 Å². The Labute approximate surface area is 173 Å². The number of benzene rings is 2. The summed E-state index contributed by atoms with van der Waals surface area (Å²) in [5, 5.41) is 3.33. The summed E-state index contributed by atoms with van der Waals surface area (Å²) in [6, 6.07) is 11.0. The first-order valence-corrected chi connectivity index (χ1v) is 9.46. The minimum absolute atomic E-state index is 0.00710. The van der Waals surface area contributed by atoms with Crippen LogP contribution in [-0.4, -0.2) is 24.3 Å². The molecule has 0 aliphatic rings. The average Bonchev–Trinajstić information content (AvgIpc) is 3.05. The predicted molar refractivity (Wildman–Crippen MR) is 108 cm³/mol. The van der Waals surface area contributed by atoms with E-state index in [4.69, 9.17) is 4.42 Å². The number of carbonyl (C=O) groups is 3.